The van der Waals surface area contributed by atoms with E-state index in [2.05, 4.69) is 28.9 Å². The SMILES string of the molecule is CCc1cc(-c2ccc(OC)c3ncccc23)nc(N2CCOCC2)n1. The van der Waals surface area contributed by atoms with Gasteiger partial charge in [0.15, 0.2) is 0 Å². The molecule has 3 heterocycles. The van der Waals surface area contributed by atoms with Crippen LogP contribution in [-0.4, -0.2) is 48.4 Å². The van der Waals surface area contributed by atoms with Gasteiger partial charge >= 0.3 is 0 Å². The van der Waals surface area contributed by atoms with Crippen LogP contribution >= 0.6 is 0 Å². The van der Waals surface area contributed by atoms with Crippen molar-refractivity contribution in [3.8, 4) is 17.0 Å². The van der Waals surface area contributed by atoms with Gasteiger partial charge in [0.05, 0.1) is 26.0 Å². The monoisotopic (exact) mass is 350 g/mol. The van der Waals surface area contributed by atoms with Gasteiger partial charge in [0.1, 0.15) is 11.3 Å². The summed E-state index contributed by atoms with van der Waals surface area (Å²) in [4.78, 5) is 16.3. The summed E-state index contributed by atoms with van der Waals surface area (Å²) in [5, 5.41) is 1.03. The summed E-state index contributed by atoms with van der Waals surface area (Å²) in [6.07, 6.45) is 2.64. The molecule has 1 aliphatic rings. The van der Waals surface area contributed by atoms with Crippen LogP contribution in [0.4, 0.5) is 5.95 Å². The number of ether oxygens (including phenoxy) is 2. The van der Waals surface area contributed by atoms with Crippen LogP contribution in [0.1, 0.15) is 12.6 Å². The molecule has 0 saturated carbocycles. The third kappa shape index (κ3) is 3.08. The Kier molecular flexibility index (Phi) is 4.67. The molecule has 3 aromatic rings. The zero-order valence-corrected chi connectivity index (χ0v) is 15.1. The average Bonchev–Trinajstić information content (AvgIpc) is 2.73. The van der Waals surface area contributed by atoms with Crippen LogP contribution in [0.5, 0.6) is 5.75 Å². The van der Waals surface area contributed by atoms with Crippen LogP contribution in [0.25, 0.3) is 22.2 Å². The molecular weight excluding hydrogens is 328 g/mol. The zero-order chi connectivity index (χ0) is 17.9. The predicted molar refractivity (Wildman–Crippen MR) is 102 cm³/mol. The Morgan fingerprint density at radius 3 is 2.77 bits per heavy atom. The molecule has 2 aromatic heterocycles. The molecular formula is C20H22N4O2. The number of nitrogens with zero attached hydrogens (tertiary/aromatic N) is 4. The van der Waals surface area contributed by atoms with Gasteiger partial charge in [-0.3, -0.25) is 4.98 Å². The van der Waals surface area contributed by atoms with Crippen molar-refractivity contribution >= 4 is 16.9 Å². The van der Waals surface area contributed by atoms with Crippen LogP contribution in [0.3, 0.4) is 0 Å². The first-order valence-corrected chi connectivity index (χ1v) is 8.93. The lowest BCUT2D eigenvalue weighted by Gasteiger charge is -2.27. The smallest absolute Gasteiger partial charge is 0.226 e. The van der Waals surface area contributed by atoms with Crippen LogP contribution in [0, 0.1) is 0 Å². The molecule has 0 atom stereocenters. The zero-order valence-electron chi connectivity index (χ0n) is 15.1. The van der Waals surface area contributed by atoms with Crippen molar-refractivity contribution in [2.75, 3.05) is 38.3 Å². The van der Waals surface area contributed by atoms with Crippen molar-refractivity contribution in [2.24, 2.45) is 0 Å². The van der Waals surface area contributed by atoms with Gasteiger partial charge < -0.3 is 14.4 Å². The molecule has 1 aliphatic heterocycles. The van der Waals surface area contributed by atoms with E-state index in [0.29, 0.717) is 13.2 Å². The molecule has 1 aromatic carbocycles. The Bertz CT molecular complexity index is 923. The van der Waals surface area contributed by atoms with Crippen molar-refractivity contribution in [1.82, 2.24) is 15.0 Å². The first-order chi connectivity index (χ1) is 12.8. The molecule has 134 valence electrons. The minimum absolute atomic E-state index is 0.713. The highest BCUT2D eigenvalue weighted by Crippen LogP contribution is 2.33. The van der Waals surface area contributed by atoms with E-state index >= 15 is 0 Å². The van der Waals surface area contributed by atoms with Gasteiger partial charge in [0.25, 0.3) is 0 Å². The van der Waals surface area contributed by atoms with E-state index in [1.165, 1.54) is 0 Å². The molecule has 0 amide bonds. The van der Waals surface area contributed by atoms with Crippen LogP contribution in [0.2, 0.25) is 0 Å². The fourth-order valence-corrected chi connectivity index (χ4v) is 3.24. The Morgan fingerprint density at radius 1 is 1.15 bits per heavy atom. The molecule has 0 spiro atoms. The van der Waals surface area contributed by atoms with Crippen molar-refractivity contribution in [2.45, 2.75) is 13.3 Å². The highest BCUT2D eigenvalue weighted by Gasteiger charge is 2.17. The minimum atomic E-state index is 0.713. The lowest BCUT2D eigenvalue weighted by Crippen LogP contribution is -2.37. The largest absolute Gasteiger partial charge is 0.494 e. The van der Waals surface area contributed by atoms with Gasteiger partial charge in [-0.15, -0.1) is 0 Å². The molecule has 0 radical (unpaired) electrons. The quantitative estimate of drug-likeness (QED) is 0.721. The van der Waals surface area contributed by atoms with Gasteiger partial charge in [-0.2, -0.15) is 0 Å². The summed E-state index contributed by atoms with van der Waals surface area (Å²) < 4.78 is 10.9. The van der Waals surface area contributed by atoms with E-state index in [9.17, 15) is 0 Å². The second-order valence-electron chi connectivity index (χ2n) is 6.21. The summed E-state index contributed by atoms with van der Waals surface area (Å²) in [5.41, 5.74) is 3.83. The Morgan fingerprint density at radius 2 is 2.00 bits per heavy atom. The van der Waals surface area contributed by atoms with E-state index in [1.807, 2.05) is 18.2 Å². The maximum atomic E-state index is 5.46. The van der Waals surface area contributed by atoms with E-state index in [-0.39, 0.29) is 0 Å². The first-order valence-electron chi connectivity index (χ1n) is 8.93. The van der Waals surface area contributed by atoms with Gasteiger partial charge in [0, 0.05) is 35.9 Å². The van der Waals surface area contributed by atoms with E-state index < -0.39 is 0 Å². The van der Waals surface area contributed by atoms with Gasteiger partial charge in [-0.05, 0) is 30.7 Å². The van der Waals surface area contributed by atoms with Gasteiger partial charge in [-0.25, -0.2) is 9.97 Å². The van der Waals surface area contributed by atoms with Crippen LogP contribution < -0.4 is 9.64 Å². The number of aromatic nitrogens is 3. The van der Waals surface area contributed by atoms with Crippen LogP contribution in [-0.2, 0) is 11.2 Å². The predicted octanol–water partition coefficient (Wildman–Crippen LogP) is 3.10. The molecule has 1 fully saturated rings. The fraction of sp³-hybridized carbons (Fsp3) is 0.350. The Hall–Kier alpha value is -2.73. The lowest BCUT2D eigenvalue weighted by molar-refractivity contribution is 0.122. The highest BCUT2D eigenvalue weighted by molar-refractivity contribution is 5.97. The molecule has 6 nitrogen and oxygen atoms in total. The molecule has 0 N–H and O–H groups in total. The maximum absolute atomic E-state index is 5.46. The number of morpholine rings is 1. The topological polar surface area (TPSA) is 60.4 Å². The number of hydrogen-bond acceptors (Lipinski definition) is 6. The molecule has 1 saturated heterocycles. The maximum Gasteiger partial charge on any atom is 0.226 e. The molecule has 6 heteroatoms. The second-order valence-corrected chi connectivity index (χ2v) is 6.21. The third-order valence-electron chi connectivity index (χ3n) is 4.65. The highest BCUT2D eigenvalue weighted by atomic mass is 16.5. The van der Waals surface area contributed by atoms with E-state index in [1.54, 1.807) is 13.3 Å². The Labute approximate surface area is 152 Å². The van der Waals surface area contributed by atoms with E-state index in [4.69, 9.17) is 19.4 Å². The van der Waals surface area contributed by atoms with Crippen molar-refractivity contribution in [3.63, 3.8) is 0 Å². The normalized spacial score (nSPS) is 14.6. The number of methoxy groups -OCH3 is 1. The van der Waals surface area contributed by atoms with E-state index in [0.717, 1.165) is 59.1 Å². The van der Waals surface area contributed by atoms with Crippen LogP contribution in [0.15, 0.2) is 36.5 Å². The summed E-state index contributed by atoms with van der Waals surface area (Å²) in [5.74, 6) is 1.54. The van der Waals surface area contributed by atoms with Gasteiger partial charge in [0.2, 0.25) is 5.95 Å². The summed E-state index contributed by atoms with van der Waals surface area (Å²) >= 11 is 0. The molecule has 0 bridgehead atoms. The summed E-state index contributed by atoms with van der Waals surface area (Å²) in [6.45, 7) is 5.17. The number of aryl methyl sites for hydroxylation is 1. The van der Waals surface area contributed by atoms with Crippen molar-refractivity contribution in [1.29, 1.82) is 0 Å². The second kappa shape index (κ2) is 7.25. The number of hydrogen-bond donors (Lipinski definition) is 0. The number of anilines is 1. The molecule has 0 aliphatic carbocycles. The lowest BCUT2D eigenvalue weighted by atomic mass is 10.0. The third-order valence-corrected chi connectivity index (χ3v) is 4.65. The first kappa shape index (κ1) is 16.7. The van der Waals surface area contributed by atoms with Crippen molar-refractivity contribution < 1.29 is 9.47 Å². The number of benzene rings is 1. The molecule has 4 rings (SSSR count). The number of fused-ring (bicyclic) bond motifs is 1. The minimum Gasteiger partial charge on any atom is -0.494 e. The average molecular weight is 350 g/mol. The van der Waals surface area contributed by atoms with Gasteiger partial charge in [-0.1, -0.05) is 13.0 Å². The molecule has 26 heavy (non-hydrogen) atoms. The fourth-order valence-electron chi connectivity index (χ4n) is 3.24. The Balaban J connectivity index is 1.86. The standard InChI is InChI=1S/C20H22N4O2/c1-3-14-13-17(23-20(22-14)24-9-11-26-12-10-24)15-6-7-18(25-2)19-16(15)5-4-8-21-19/h4-8,13H,3,9-12H2,1-2H3. The number of rotatable bonds is 4. The summed E-state index contributed by atoms with van der Waals surface area (Å²) in [6, 6.07) is 10.1. The summed E-state index contributed by atoms with van der Waals surface area (Å²) in [7, 11) is 1.67. The van der Waals surface area contributed by atoms with Crippen molar-refractivity contribution in [3.05, 3.63) is 42.2 Å². The molecule has 0 unspecified atom stereocenters. The number of pyridine rings is 1.